The minimum absolute atomic E-state index is 0.243. The molecule has 6 nitrogen and oxygen atoms in total. The zero-order valence-corrected chi connectivity index (χ0v) is 18.5. The van der Waals surface area contributed by atoms with E-state index in [0.717, 1.165) is 23.0 Å². The summed E-state index contributed by atoms with van der Waals surface area (Å²) >= 11 is 6.39. The average molecular weight is 453 g/mol. The molecule has 2 aromatic rings. The van der Waals surface area contributed by atoms with Crippen molar-refractivity contribution in [3.63, 3.8) is 0 Å². The zero-order chi connectivity index (χ0) is 22.0. The first kappa shape index (κ1) is 21.3. The minimum atomic E-state index is -0.520. The molecule has 8 heteroatoms. The summed E-state index contributed by atoms with van der Waals surface area (Å²) < 4.78 is 5.32. The Morgan fingerprint density at radius 2 is 1.71 bits per heavy atom. The number of rotatable bonds is 6. The number of nitrogens with zero attached hydrogens (tertiary/aromatic N) is 2. The van der Waals surface area contributed by atoms with Crippen molar-refractivity contribution in [2.24, 2.45) is 0 Å². The predicted molar refractivity (Wildman–Crippen MR) is 124 cm³/mol. The first-order valence-corrected chi connectivity index (χ1v) is 11.1. The molecular formula is C23H20N2O4S2. The number of para-hydroxylation sites is 1. The summed E-state index contributed by atoms with van der Waals surface area (Å²) in [5, 5.41) is 0. The molecule has 1 fully saturated rings. The molecule has 2 aliphatic rings. The Labute approximate surface area is 189 Å². The van der Waals surface area contributed by atoms with Gasteiger partial charge in [-0.05, 0) is 18.1 Å². The van der Waals surface area contributed by atoms with Crippen molar-refractivity contribution in [3.8, 4) is 0 Å². The Hall–Kier alpha value is -2.97. The average Bonchev–Trinajstić information content (AvgIpc) is 3.20. The number of carbonyl (C=O) groups is 3. The maximum Gasteiger partial charge on any atom is 0.326 e. The Balaban J connectivity index is 1.67. The Morgan fingerprint density at radius 3 is 2.45 bits per heavy atom. The molecule has 2 amide bonds. The molecule has 4 rings (SSSR count). The summed E-state index contributed by atoms with van der Waals surface area (Å²) in [7, 11) is 0. The second-order valence-corrected chi connectivity index (χ2v) is 8.72. The fourth-order valence-electron chi connectivity index (χ4n) is 3.50. The number of thioether (sulfide) groups is 1. The molecule has 158 valence electrons. The van der Waals surface area contributed by atoms with Crippen molar-refractivity contribution in [1.29, 1.82) is 0 Å². The van der Waals surface area contributed by atoms with E-state index in [1.165, 1.54) is 4.90 Å². The molecule has 0 saturated carbocycles. The van der Waals surface area contributed by atoms with Gasteiger partial charge in [0.25, 0.3) is 11.8 Å². The molecule has 31 heavy (non-hydrogen) atoms. The van der Waals surface area contributed by atoms with Crippen LogP contribution < -0.4 is 4.90 Å². The van der Waals surface area contributed by atoms with Crippen LogP contribution in [0.15, 0.2) is 59.5 Å². The second-order valence-electron chi connectivity index (χ2n) is 7.08. The Kier molecular flexibility index (Phi) is 6.20. The third-order valence-electron chi connectivity index (χ3n) is 4.94. The van der Waals surface area contributed by atoms with E-state index in [1.54, 1.807) is 4.90 Å². The van der Waals surface area contributed by atoms with Gasteiger partial charge in [-0.3, -0.25) is 19.3 Å². The molecule has 0 spiro atoms. The topological polar surface area (TPSA) is 66.9 Å². The number of fused-ring (bicyclic) bond motifs is 1. The Bertz CT molecular complexity index is 1100. The van der Waals surface area contributed by atoms with Crippen LogP contribution in [0.5, 0.6) is 0 Å². The molecule has 0 N–H and O–H groups in total. The van der Waals surface area contributed by atoms with Crippen LogP contribution in [0.3, 0.4) is 0 Å². The van der Waals surface area contributed by atoms with E-state index in [2.05, 4.69) is 0 Å². The number of thiocarbonyl (C=S) groups is 1. The summed E-state index contributed by atoms with van der Waals surface area (Å²) in [6.45, 7) is 2.31. The van der Waals surface area contributed by atoms with Crippen LogP contribution in [0.25, 0.3) is 5.57 Å². The summed E-state index contributed by atoms with van der Waals surface area (Å²) in [4.78, 5) is 41.7. The van der Waals surface area contributed by atoms with E-state index < -0.39 is 11.9 Å². The van der Waals surface area contributed by atoms with Crippen LogP contribution in [0.1, 0.15) is 24.5 Å². The molecule has 2 aromatic carbocycles. The van der Waals surface area contributed by atoms with Gasteiger partial charge in [-0.2, -0.15) is 0 Å². The van der Waals surface area contributed by atoms with Crippen LogP contribution >= 0.6 is 24.0 Å². The zero-order valence-electron chi connectivity index (χ0n) is 16.9. The fourth-order valence-corrected chi connectivity index (χ4v) is 4.83. The summed E-state index contributed by atoms with van der Waals surface area (Å²) in [6.07, 6.45) is 0.691. The van der Waals surface area contributed by atoms with Gasteiger partial charge in [-0.15, -0.1) is 0 Å². The molecule has 2 heterocycles. The van der Waals surface area contributed by atoms with Crippen LogP contribution in [-0.4, -0.2) is 40.2 Å². The highest BCUT2D eigenvalue weighted by Crippen LogP contribution is 2.44. The number of esters is 1. The number of anilines is 1. The van der Waals surface area contributed by atoms with Crippen molar-refractivity contribution in [2.45, 2.75) is 19.9 Å². The highest BCUT2D eigenvalue weighted by Gasteiger charge is 2.42. The van der Waals surface area contributed by atoms with Gasteiger partial charge < -0.3 is 9.64 Å². The summed E-state index contributed by atoms with van der Waals surface area (Å²) in [5.41, 5.74) is 2.75. The van der Waals surface area contributed by atoms with Crippen molar-refractivity contribution < 1.29 is 19.1 Å². The van der Waals surface area contributed by atoms with E-state index >= 15 is 0 Å². The van der Waals surface area contributed by atoms with E-state index in [-0.39, 0.29) is 28.3 Å². The van der Waals surface area contributed by atoms with Gasteiger partial charge in [0.1, 0.15) is 10.9 Å². The number of amides is 2. The van der Waals surface area contributed by atoms with Crippen LogP contribution in [0.2, 0.25) is 0 Å². The van der Waals surface area contributed by atoms with Gasteiger partial charge in [0.05, 0.1) is 29.3 Å². The lowest BCUT2D eigenvalue weighted by molar-refractivity contribution is -0.146. The maximum atomic E-state index is 13.4. The molecule has 0 aromatic heterocycles. The van der Waals surface area contributed by atoms with Crippen molar-refractivity contribution in [2.75, 3.05) is 18.1 Å². The second kappa shape index (κ2) is 9.03. The summed E-state index contributed by atoms with van der Waals surface area (Å²) in [5.74, 6) is -1.21. The van der Waals surface area contributed by atoms with Gasteiger partial charge in [0.2, 0.25) is 0 Å². The van der Waals surface area contributed by atoms with Crippen molar-refractivity contribution >= 4 is 57.3 Å². The molecule has 0 bridgehead atoms. The SMILES string of the molecule is CCCOC(=O)CN1C(=O)/C(=C2/C(=O)N(Cc3ccccc3)c3ccccc32)SC1=S. The van der Waals surface area contributed by atoms with Crippen LogP contribution in [0.4, 0.5) is 5.69 Å². The van der Waals surface area contributed by atoms with Crippen LogP contribution in [-0.2, 0) is 25.7 Å². The number of hydrogen-bond donors (Lipinski definition) is 0. The fraction of sp³-hybridized carbons (Fsp3) is 0.217. The lowest BCUT2D eigenvalue weighted by Gasteiger charge is -2.17. The smallest absolute Gasteiger partial charge is 0.326 e. The number of ether oxygens (including phenoxy) is 1. The molecule has 0 atom stereocenters. The first-order valence-electron chi connectivity index (χ1n) is 9.90. The molecule has 0 radical (unpaired) electrons. The highest BCUT2D eigenvalue weighted by atomic mass is 32.2. The molecule has 0 aliphatic carbocycles. The number of carbonyl (C=O) groups excluding carboxylic acids is 3. The maximum absolute atomic E-state index is 13.4. The number of benzene rings is 2. The van der Waals surface area contributed by atoms with E-state index in [4.69, 9.17) is 17.0 Å². The minimum Gasteiger partial charge on any atom is -0.464 e. The predicted octanol–water partition coefficient (Wildman–Crippen LogP) is 3.76. The molecule has 0 unspecified atom stereocenters. The molecule has 1 saturated heterocycles. The third-order valence-corrected chi connectivity index (χ3v) is 6.39. The van der Waals surface area contributed by atoms with E-state index in [9.17, 15) is 14.4 Å². The van der Waals surface area contributed by atoms with E-state index in [1.807, 2.05) is 61.5 Å². The monoisotopic (exact) mass is 452 g/mol. The van der Waals surface area contributed by atoms with Gasteiger partial charge >= 0.3 is 5.97 Å². The standard InChI is InChI=1S/C23H20N2O4S2/c1-2-12-29-18(26)14-25-22(28)20(31-23(25)30)19-16-10-6-7-11-17(16)24(21(19)27)13-15-8-4-3-5-9-15/h3-11H,2,12-14H2,1H3/b20-19-. The van der Waals surface area contributed by atoms with Gasteiger partial charge in [0, 0.05) is 5.56 Å². The lowest BCUT2D eigenvalue weighted by Crippen LogP contribution is -2.34. The lowest BCUT2D eigenvalue weighted by atomic mass is 10.1. The largest absolute Gasteiger partial charge is 0.464 e. The molecular weight excluding hydrogens is 432 g/mol. The van der Waals surface area contributed by atoms with Crippen LogP contribution in [0, 0.1) is 0 Å². The third kappa shape index (κ3) is 4.13. The van der Waals surface area contributed by atoms with Crippen molar-refractivity contribution in [1.82, 2.24) is 4.90 Å². The number of hydrogen-bond acceptors (Lipinski definition) is 6. The summed E-state index contributed by atoms with van der Waals surface area (Å²) in [6, 6.07) is 17.1. The van der Waals surface area contributed by atoms with E-state index in [0.29, 0.717) is 24.1 Å². The Morgan fingerprint density at radius 1 is 1.00 bits per heavy atom. The van der Waals surface area contributed by atoms with Gasteiger partial charge in [-0.1, -0.05) is 79.4 Å². The normalized spacial score (nSPS) is 18.0. The van der Waals surface area contributed by atoms with Gasteiger partial charge in [-0.25, -0.2) is 0 Å². The highest BCUT2D eigenvalue weighted by molar-refractivity contribution is 8.26. The quantitative estimate of drug-likeness (QED) is 0.378. The van der Waals surface area contributed by atoms with Gasteiger partial charge in [0.15, 0.2) is 0 Å². The first-order chi connectivity index (χ1) is 15.0. The van der Waals surface area contributed by atoms with Crippen molar-refractivity contribution in [3.05, 3.63) is 70.6 Å². The molecule has 2 aliphatic heterocycles.